The van der Waals surface area contributed by atoms with Crippen LogP contribution in [0.25, 0.3) is 39.1 Å². The topological polar surface area (TPSA) is 183 Å². The third-order valence-electron chi connectivity index (χ3n) is 5.42. The monoisotopic (exact) mass is 490 g/mol. The first kappa shape index (κ1) is 24.0. The number of hydrogen-bond acceptors (Lipinski definition) is 6. The first-order valence-corrected chi connectivity index (χ1v) is 10.3. The zero-order chi connectivity index (χ0) is 26.1. The first-order valence-electron chi connectivity index (χ1n) is 10.3. The van der Waals surface area contributed by atoms with Crippen LogP contribution in [0.4, 0.5) is 4.39 Å². The molecule has 0 aliphatic heterocycles. The minimum Gasteiger partial charge on any atom is -0.507 e. The van der Waals surface area contributed by atoms with Crippen molar-refractivity contribution in [1.82, 2.24) is 9.97 Å². The van der Waals surface area contributed by atoms with Gasteiger partial charge in [-0.2, -0.15) is 0 Å². The molecule has 182 valence electrons. The van der Waals surface area contributed by atoms with E-state index in [-0.39, 0.29) is 45.4 Å². The number of nitrogens with zero attached hydrogens (tertiary/aromatic N) is 1. The van der Waals surface area contributed by atoms with Crippen LogP contribution in [0.15, 0.2) is 54.6 Å². The summed E-state index contributed by atoms with van der Waals surface area (Å²) in [5, 5.41) is 37.7. The zero-order valence-electron chi connectivity index (χ0n) is 18.7. The number of aliphatic carboxylic acids is 2. The molecule has 4 aromatic rings. The number of phenols is 1. The van der Waals surface area contributed by atoms with Crippen LogP contribution < -0.4 is 10.5 Å². The number of nitrogens with one attached hydrogen (secondary N) is 2. The maximum atomic E-state index is 14.2. The molecule has 3 aromatic carbocycles. The predicted octanol–water partition coefficient (Wildman–Crippen LogP) is 3.59. The molecule has 0 radical (unpaired) electrons. The quantitative estimate of drug-likeness (QED) is 0.129. The van der Waals surface area contributed by atoms with E-state index < -0.39 is 23.3 Å². The Morgan fingerprint density at radius 2 is 1.78 bits per heavy atom. The Hall–Kier alpha value is -5.19. The molecule has 36 heavy (non-hydrogen) atoms. The summed E-state index contributed by atoms with van der Waals surface area (Å²) >= 11 is 0. The number of aromatic amines is 1. The van der Waals surface area contributed by atoms with Crippen molar-refractivity contribution in [3.8, 4) is 34.0 Å². The second kappa shape index (κ2) is 9.22. The number of ether oxygens (including phenoxy) is 1. The third kappa shape index (κ3) is 4.44. The van der Waals surface area contributed by atoms with Gasteiger partial charge in [0.15, 0.2) is 0 Å². The highest BCUT2D eigenvalue weighted by molar-refractivity contribution is 6.20. The molecule has 0 atom stereocenters. The largest absolute Gasteiger partial charge is 0.507 e. The van der Waals surface area contributed by atoms with E-state index in [0.717, 1.165) is 12.1 Å². The van der Waals surface area contributed by atoms with Gasteiger partial charge in [0, 0.05) is 22.8 Å². The van der Waals surface area contributed by atoms with Crippen LogP contribution >= 0.6 is 0 Å². The molecule has 1 heterocycles. The maximum absolute atomic E-state index is 14.2. The Bertz CT molecular complexity index is 1590. The van der Waals surface area contributed by atoms with E-state index in [2.05, 4.69) is 9.97 Å². The van der Waals surface area contributed by atoms with Gasteiger partial charge in [-0.25, -0.2) is 19.0 Å². The molecule has 4 rings (SSSR count). The summed E-state index contributed by atoms with van der Waals surface area (Å²) in [6, 6.07) is 10.9. The van der Waals surface area contributed by atoms with Gasteiger partial charge in [0.25, 0.3) is 0 Å². The molecular formula is C25H19FN4O6. The van der Waals surface area contributed by atoms with Gasteiger partial charge in [0.1, 0.15) is 29.0 Å². The standard InChI is InChI=1S/C25H19FN4O6/c1-36-20-5-3-13(26)9-15(20)16-6-12(14(25(34)35)10-21(31)32)7-17(22(16)33)24-29-18-4-2-11(23(27)28)8-19(18)30-24/h2-10,33H,1H3,(H3,27,28)(H,29,30)(H,31,32)(H,34,35). The van der Waals surface area contributed by atoms with Crippen molar-refractivity contribution in [2.75, 3.05) is 7.11 Å². The van der Waals surface area contributed by atoms with E-state index in [1.54, 1.807) is 18.2 Å². The average Bonchev–Trinajstić information content (AvgIpc) is 3.25. The number of aromatic hydroxyl groups is 1. The number of H-pyrrole nitrogens is 1. The van der Waals surface area contributed by atoms with Crippen LogP contribution in [0.1, 0.15) is 11.1 Å². The first-order chi connectivity index (χ1) is 17.1. The highest BCUT2D eigenvalue weighted by Gasteiger charge is 2.23. The number of aromatic nitrogens is 2. The van der Waals surface area contributed by atoms with Crippen LogP contribution in [0.2, 0.25) is 0 Å². The normalized spacial score (nSPS) is 11.4. The Balaban J connectivity index is 2.05. The van der Waals surface area contributed by atoms with Crippen LogP contribution in [0.5, 0.6) is 11.5 Å². The minimum absolute atomic E-state index is 0.0127. The number of imidazole rings is 1. The fourth-order valence-electron chi connectivity index (χ4n) is 3.76. The zero-order valence-corrected chi connectivity index (χ0v) is 18.7. The molecule has 0 unspecified atom stereocenters. The summed E-state index contributed by atoms with van der Waals surface area (Å²) in [6.07, 6.45) is 0.517. The Kier molecular flexibility index (Phi) is 6.13. The number of carboxylic acids is 2. The molecule has 0 aliphatic rings. The number of fused-ring (bicyclic) bond motifs is 1. The number of carbonyl (C=O) groups is 2. The van der Waals surface area contributed by atoms with Crippen LogP contribution in [0.3, 0.4) is 0 Å². The second-order valence-corrected chi connectivity index (χ2v) is 7.70. The third-order valence-corrected chi connectivity index (χ3v) is 5.42. The Morgan fingerprint density at radius 1 is 1.06 bits per heavy atom. The molecule has 10 nitrogen and oxygen atoms in total. The molecule has 0 saturated carbocycles. The van der Waals surface area contributed by atoms with Gasteiger partial charge in [-0.3, -0.25) is 5.41 Å². The number of benzene rings is 3. The van der Waals surface area contributed by atoms with Crippen molar-refractivity contribution < 1.29 is 34.0 Å². The fourth-order valence-corrected chi connectivity index (χ4v) is 3.76. The van der Waals surface area contributed by atoms with E-state index in [9.17, 15) is 29.3 Å². The van der Waals surface area contributed by atoms with E-state index in [4.69, 9.17) is 15.9 Å². The van der Waals surface area contributed by atoms with Crippen LogP contribution in [0, 0.1) is 11.2 Å². The molecule has 0 fully saturated rings. The number of carboxylic acid groups (broad SMARTS) is 2. The van der Waals surface area contributed by atoms with Crippen molar-refractivity contribution in [1.29, 1.82) is 5.41 Å². The molecule has 0 bridgehead atoms. The second-order valence-electron chi connectivity index (χ2n) is 7.70. The number of nitrogens with two attached hydrogens (primary N) is 1. The number of amidine groups is 1. The number of hydrogen-bond donors (Lipinski definition) is 6. The van der Waals surface area contributed by atoms with E-state index in [1.807, 2.05) is 0 Å². The molecule has 0 spiro atoms. The lowest BCUT2D eigenvalue weighted by molar-refractivity contribution is -0.133. The molecule has 0 aliphatic carbocycles. The lowest BCUT2D eigenvalue weighted by Crippen LogP contribution is -2.10. The van der Waals surface area contributed by atoms with Gasteiger partial charge in [0.2, 0.25) is 0 Å². The van der Waals surface area contributed by atoms with Crippen LogP contribution in [-0.2, 0) is 9.59 Å². The molecule has 0 saturated heterocycles. The van der Waals surface area contributed by atoms with Gasteiger partial charge in [-0.05, 0) is 54.1 Å². The van der Waals surface area contributed by atoms with Gasteiger partial charge in [-0.1, -0.05) is 0 Å². The molecule has 1 aromatic heterocycles. The summed E-state index contributed by atoms with van der Waals surface area (Å²) in [6.45, 7) is 0. The van der Waals surface area contributed by atoms with Crippen molar-refractivity contribution in [2.45, 2.75) is 0 Å². The Morgan fingerprint density at radius 3 is 2.42 bits per heavy atom. The molecule has 7 N–H and O–H groups in total. The molecular weight excluding hydrogens is 471 g/mol. The average molecular weight is 490 g/mol. The Labute approximate surface area is 202 Å². The van der Waals surface area contributed by atoms with E-state index in [1.165, 1.54) is 25.3 Å². The summed E-state index contributed by atoms with van der Waals surface area (Å²) in [7, 11) is 1.34. The SMILES string of the molecule is COc1ccc(F)cc1-c1cc(C(=CC(=O)O)C(=O)O)cc(-c2nc3ccc(C(=N)N)cc3[nH]2)c1O. The number of halogens is 1. The number of phenolic OH excluding ortho intramolecular Hbond substituents is 1. The minimum atomic E-state index is -1.53. The summed E-state index contributed by atoms with van der Waals surface area (Å²) in [4.78, 5) is 30.6. The van der Waals surface area contributed by atoms with Gasteiger partial charge in [0.05, 0.1) is 29.3 Å². The van der Waals surface area contributed by atoms with Crippen molar-refractivity contribution in [3.05, 3.63) is 71.6 Å². The summed E-state index contributed by atoms with van der Waals surface area (Å²) in [5.41, 5.74) is 6.38. The van der Waals surface area contributed by atoms with Gasteiger partial charge >= 0.3 is 11.9 Å². The van der Waals surface area contributed by atoms with Crippen molar-refractivity contribution in [3.63, 3.8) is 0 Å². The summed E-state index contributed by atoms with van der Waals surface area (Å²) < 4.78 is 19.5. The van der Waals surface area contributed by atoms with Gasteiger partial charge < -0.3 is 30.8 Å². The highest BCUT2D eigenvalue weighted by atomic mass is 19.1. The van der Waals surface area contributed by atoms with Crippen LogP contribution in [-0.4, -0.2) is 50.2 Å². The molecule has 0 amide bonds. The number of methoxy groups -OCH3 is 1. The van der Waals surface area contributed by atoms with E-state index >= 15 is 0 Å². The lowest BCUT2D eigenvalue weighted by atomic mass is 9.93. The predicted molar refractivity (Wildman–Crippen MR) is 129 cm³/mol. The van der Waals surface area contributed by atoms with Crippen molar-refractivity contribution >= 4 is 34.4 Å². The highest BCUT2D eigenvalue weighted by Crippen LogP contribution is 2.43. The van der Waals surface area contributed by atoms with E-state index in [0.29, 0.717) is 22.7 Å². The summed E-state index contributed by atoms with van der Waals surface area (Å²) in [5.74, 6) is -3.91. The fraction of sp³-hybridized carbons (Fsp3) is 0.0400. The maximum Gasteiger partial charge on any atom is 0.336 e. The van der Waals surface area contributed by atoms with Gasteiger partial charge in [-0.15, -0.1) is 0 Å². The number of rotatable bonds is 7. The lowest BCUT2D eigenvalue weighted by Gasteiger charge is -2.15. The molecule has 11 heteroatoms. The smallest absolute Gasteiger partial charge is 0.336 e. The number of nitrogen functional groups attached to an aromatic ring is 1. The van der Waals surface area contributed by atoms with Crippen molar-refractivity contribution in [2.24, 2.45) is 5.73 Å².